The molecule has 1 unspecified atom stereocenters. The Morgan fingerprint density at radius 1 is 1.27 bits per heavy atom. The number of pyridine rings is 1. The summed E-state index contributed by atoms with van der Waals surface area (Å²) in [6.45, 7) is 2.23. The molecule has 84 valence electrons. The lowest BCUT2D eigenvalue weighted by Crippen LogP contribution is -2.04. The number of unbranched alkanes of at least 4 members (excludes halogenated alkanes) is 3. The molecule has 1 rings (SSSR count). The lowest BCUT2D eigenvalue weighted by atomic mass is 10.1. The standard InChI is InChI=1S/C13H20ClN/c1-2-3-4-5-8-12(14)11-13-9-6-7-10-15-13/h6-7,9-10,12H,2-5,8,11H2,1H3. The van der Waals surface area contributed by atoms with Crippen molar-refractivity contribution in [3.63, 3.8) is 0 Å². The van der Waals surface area contributed by atoms with Crippen LogP contribution in [0.4, 0.5) is 0 Å². The first kappa shape index (κ1) is 12.5. The molecule has 1 aromatic heterocycles. The van der Waals surface area contributed by atoms with Crippen LogP contribution < -0.4 is 0 Å². The van der Waals surface area contributed by atoms with E-state index in [0.29, 0.717) is 0 Å². The predicted octanol–water partition coefficient (Wildman–Crippen LogP) is 4.20. The fraction of sp³-hybridized carbons (Fsp3) is 0.615. The number of hydrogen-bond donors (Lipinski definition) is 0. The summed E-state index contributed by atoms with van der Waals surface area (Å²) in [5.74, 6) is 0. The Kier molecular flexibility index (Phi) is 6.42. The van der Waals surface area contributed by atoms with Crippen LogP contribution in [0.3, 0.4) is 0 Å². The van der Waals surface area contributed by atoms with Crippen LogP contribution in [0, 0.1) is 0 Å². The van der Waals surface area contributed by atoms with Crippen molar-refractivity contribution in [1.29, 1.82) is 0 Å². The maximum Gasteiger partial charge on any atom is 0.0418 e. The molecule has 15 heavy (non-hydrogen) atoms. The molecule has 0 amide bonds. The average molecular weight is 226 g/mol. The highest BCUT2D eigenvalue weighted by molar-refractivity contribution is 6.20. The largest absolute Gasteiger partial charge is 0.261 e. The molecule has 0 radical (unpaired) electrons. The lowest BCUT2D eigenvalue weighted by Gasteiger charge is -2.08. The summed E-state index contributed by atoms with van der Waals surface area (Å²) in [5.41, 5.74) is 1.10. The van der Waals surface area contributed by atoms with Gasteiger partial charge in [-0.25, -0.2) is 0 Å². The minimum atomic E-state index is 0.247. The maximum atomic E-state index is 6.25. The fourth-order valence-corrected chi connectivity index (χ4v) is 1.95. The van der Waals surface area contributed by atoms with Gasteiger partial charge in [-0.3, -0.25) is 4.98 Å². The molecule has 0 saturated heterocycles. The monoisotopic (exact) mass is 225 g/mol. The number of halogens is 1. The van der Waals surface area contributed by atoms with E-state index in [1.807, 2.05) is 24.4 Å². The first-order chi connectivity index (χ1) is 7.33. The first-order valence-electron chi connectivity index (χ1n) is 5.87. The second kappa shape index (κ2) is 7.70. The van der Waals surface area contributed by atoms with E-state index in [2.05, 4.69) is 11.9 Å². The zero-order valence-electron chi connectivity index (χ0n) is 9.45. The van der Waals surface area contributed by atoms with E-state index in [-0.39, 0.29) is 5.38 Å². The van der Waals surface area contributed by atoms with Crippen molar-refractivity contribution in [1.82, 2.24) is 4.98 Å². The van der Waals surface area contributed by atoms with E-state index in [1.54, 1.807) is 0 Å². The minimum Gasteiger partial charge on any atom is -0.261 e. The summed E-state index contributed by atoms with van der Waals surface area (Å²) in [7, 11) is 0. The number of nitrogens with zero attached hydrogens (tertiary/aromatic N) is 1. The molecule has 0 spiro atoms. The number of alkyl halides is 1. The SMILES string of the molecule is CCCCCCC(Cl)Cc1ccccn1. The van der Waals surface area contributed by atoms with Crippen LogP contribution in [-0.4, -0.2) is 10.4 Å². The van der Waals surface area contributed by atoms with Gasteiger partial charge in [0.1, 0.15) is 0 Å². The molecule has 2 heteroatoms. The van der Waals surface area contributed by atoms with Crippen molar-refractivity contribution in [2.45, 2.75) is 50.8 Å². The second-order valence-corrected chi connectivity index (χ2v) is 4.59. The van der Waals surface area contributed by atoms with Gasteiger partial charge in [-0.15, -0.1) is 11.6 Å². The predicted molar refractivity (Wildman–Crippen MR) is 66.3 cm³/mol. The van der Waals surface area contributed by atoms with Crippen molar-refractivity contribution >= 4 is 11.6 Å². The zero-order valence-corrected chi connectivity index (χ0v) is 10.2. The van der Waals surface area contributed by atoms with E-state index < -0.39 is 0 Å². The zero-order chi connectivity index (χ0) is 10.9. The molecule has 0 aromatic carbocycles. The van der Waals surface area contributed by atoms with Gasteiger partial charge in [-0.05, 0) is 18.6 Å². The molecule has 1 heterocycles. The summed E-state index contributed by atoms with van der Waals surface area (Å²) in [6, 6.07) is 6.00. The highest BCUT2D eigenvalue weighted by Gasteiger charge is 2.05. The lowest BCUT2D eigenvalue weighted by molar-refractivity contribution is 0.609. The van der Waals surface area contributed by atoms with Crippen LogP contribution >= 0.6 is 11.6 Å². The van der Waals surface area contributed by atoms with Crippen molar-refractivity contribution in [2.75, 3.05) is 0 Å². The molecule has 0 saturated carbocycles. The Hall–Kier alpha value is -0.560. The number of aromatic nitrogens is 1. The molecule has 0 aliphatic rings. The van der Waals surface area contributed by atoms with Gasteiger partial charge in [-0.1, -0.05) is 38.7 Å². The molecule has 0 fully saturated rings. The van der Waals surface area contributed by atoms with Crippen LogP contribution in [0.15, 0.2) is 24.4 Å². The molecular weight excluding hydrogens is 206 g/mol. The van der Waals surface area contributed by atoms with Gasteiger partial charge < -0.3 is 0 Å². The average Bonchev–Trinajstić information content (AvgIpc) is 2.26. The molecule has 1 aromatic rings. The Morgan fingerprint density at radius 2 is 2.13 bits per heavy atom. The molecule has 1 nitrogen and oxygen atoms in total. The first-order valence-corrected chi connectivity index (χ1v) is 6.30. The number of rotatable bonds is 7. The smallest absolute Gasteiger partial charge is 0.0418 e. The molecule has 0 aliphatic carbocycles. The summed E-state index contributed by atoms with van der Waals surface area (Å²) >= 11 is 6.25. The van der Waals surface area contributed by atoms with Crippen molar-refractivity contribution in [3.05, 3.63) is 30.1 Å². The second-order valence-electron chi connectivity index (χ2n) is 3.97. The van der Waals surface area contributed by atoms with Gasteiger partial charge >= 0.3 is 0 Å². The van der Waals surface area contributed by atoms with E-state index in [9.17, 15) is 0 Å². The van der Waals surface area contributed by atoms with Gasteiger partial charge in [0.15, 0.2) is 0 Å². The van der Waals surface area contributed by atoms with E-state index in [4.69, 9.17) is 11.6 Å². The summed E-state index contributed by atoms with van der Waals surface area (Å²) in [6.07, 6.45) is 9.00. The summed E-state index contributed by atoms with van der Waals surface area (Å²) < 4.78 is 0. The topological polar surface area (TPSA) is 12.9 Å². The van der Waals surface area contributed by atoms with E-state index in [1.165, 1.54) is 25.7 Å². The van der Waals surface area contributed by atoms with Crippen molar-refractivity contribution in [2.24, 2.45) is 0 Å². The summed E-state index contributed by atoms with van der Waals surface area (Å²) in [5, 5.41) is 0.247. The normalized spacial score (nSPS) is 12.7. The Bertz CT molecular complexity index is 248. The third kappa shape index (κ3) is 5.78. The van der Waals surface area contributed by atoms with Crippen LogP contribution in [0.5, 0.6) is 0 Å². The van der Waals surface area contributed by atoms with Crippen LogP contribution in [-0.2, 0) is 6.42 Å². The Morgan fingerprint density at radius 3 is 2.80 bits per heavy atom. The molecule has 1 atom stereocenters. The molecule has 0 aliphatic heterocycles. The quantitative estimate of drug-likeness (QED) is 0.501. The van der Waals surface area contributed by atoms with Crippen LogP contribution in [0.2, 0.25) is 0 Å². The Balaban J connectivity index is 2.16. The number of hydrogen-bond acceptors (Lipinski definition) is 1. The highest BCUT2D eigenvalue weighted by atomic mass is 35.5. The van der Waals surface area contributed by atoms with Gasteiger partial charge in [0.05, 0.1) is 0 Å². The summed E-state index contributed by atoms with van der Waals surface area (Å²) in [4.78, 5) is 4.28. The molecular formula is C13H20ClN. The minimum absolute atomic E-state index is 0.247. The maximum absolute atomic E-state index is 6.25. The Labute approximate surface area is 97.9 Å². The third-order valence-electron chi connectivity index (χ3n) is 2.53. The van der Waals surface area contributed by atoms with Crippen molar-refractivity contribution in [3.8, 4) is 0 Å². The van der Waals surface area contributed by atoms with Gasteiger partial charge in [-0.2, -0.15) is 0 Å². The van der Waals surface area contributed by atoms with Crippen LogP contribution in [0.25, 0.3) is 0 Å². The van der Waals surface area contributed by atoms with Crippen molar-refractivity contribution < 1.29 is 0 Å². The van der Waals surface area contributed by atoms with Gasteiger partial charge in [0.25, 0.3) is 0 Å². The third-order valence-corrected chi connectivity index (χ3v) is 2.90. The fourth-order valence-electron chi connectivity index (χ4n) is 1.64. The van der Waals surface area contributed by atoms with Gasteiger partial charge in [0, 0.05) is 23.7 Å². The molecule has 0 N–H and O–H groups in total. The van der Waals surface area contributed by atoms with Gasteiger partial charge in [0.2, 0.25) is 0 Å². The molecule has 0 bridgehead atoms. The van der Waals surface area contributed by atoms with E-state index >= 15 is 0 Å². The highest BCUT2D eigenvalue weighted by Crippen LogP contribution is 2.14. The van der Waals surface area contributed by atoms with Crippen LogP contribution in [0.1, 0.15) is 44.7 Å². The van der Waals surface area contributed by atoms with E-state index in [0.717, 1.165) is 18.5 Å².